The number of aliphatic hydroxyl groups excluding tert-OH is 1. The number of aliphatic hydroxyl groups is 1. The summed E-state index contributed by atoms with van der Waals surface area (Å²) in [6, 6.07) is 0. The summed E-state index contributed by atoms with van der Waals surface area (Å²) in [6.45, 7) is 5.38. The van der Waals surface area contributed by atoms with Gasteiger partial charge in [0.15, 0.2) is 0 Å². The molecule has 1 amide bonds. The lowest BCUT2D eigenvalue weighted by atomic mass is 10.1. The van der Waals surface area contributed by atoms with Crippen LogP contribution in [0.1, 0.15) is 194 Å². The molecule has 3 N–H and O–H groups in total. The summed E-state index contributed by atoms with van der Waals surface area (Å²) >= 11 is 0. The first-order valence-electron chi connectivity index (χ1n) is 22.2. The summed E-state index contributed by atoms with van der Waals surface area (Å²) in [7, 11) is 1.84. The zero-order chi connectivity index (χ0) is 39.7. The van der Waals surface area contributed by atoms with Crippen LogP contribution in [-0.2, 0) is 28.6 Å². The molecule has 9 heteroatoms. The fourth-order valence-corrected chi connectivity index (χ4v) is 6.31. The van der Waals surface area contributed by atoms with Gasteiger partial charge in [0.25, 0.3) is 5.91 Å². The van der Waals surface area contributed by atoms with Gasteiger partial charge >= 0.3 is 11.9 Å². The highest BCUT2D eigenvalue weighted by Gasteiger charge is 2.32. The van der Waals surface area contributed by atoms with Crippen LogP contribution >= 0.6 is 0 Å². The van der Waals surface area contributed by atoms with Crippen molar-refractivity contribution in [1.29, 1.82) is 0 Å². The van der Waals surface area contributed by atoms with E-state index in [9.17, 15) is 19.5 Å². The molecule has 0 aromatic rings. The second-order valence-corrected chi connectivity index (χ2v) is 15.1. The van der Waals surface area contributed by atoms with Crippen LogP contribution in [0.5, 0.6) is 0 Å². The van der Waals surface area contributed by atoms with Crippen LogP contribution in [0.2, 0.25) is 0 Å². The monoisotopic (exact) mass is 765 g/mol. The van der Waals surface area contributed by atoms with Crippen LogP contribution < -0.4 is 5.73 Å². The van der Waals surface area contributed by atoms with Gasteiger partial charge in [0.05, 0.1) is 13.2 Å². The van der Waals surface area contributed by atoms with Gasteiger partial charge in [-0.1, -0.05) is 141 Å². The molecular formula is C45H84N2O7. The van der Waals surface area contributed by atoms with Crippen molar-refractivity contribution >= 4 is 17.8 Å². The van der Waals surface area contributed by atoms with Crippen LogP contribution in [0.25, 0.3) is 0 Å². The highest BCUT2D eigenvalue weighted by Crippen LogP contribution is 2.14. The maximum atomic E-state index is 12.7. The minimum atomic E-state index is -1.36. The van der Waals surface area contributed by atoms with E-state index >= 15 is 0 Å². The molecule has 316 valence electrons. The van der Waals surface area contributed by atoms with Crippen LogP contribution in [-0.4, -0.2) is 80.0 Å². The number of rotatable bonds is 41. The number of hydrogen-bond donors (Lipinski definition) is 2. The van der Waals surface area contributed by atoms with Gasteiger partial charge < -0.3 is 30.0 Å². The van der Waals surface area contributed by atoms with Gasteiger partial charge in [-0.15, -0.1) is 0 Å². The van der Waals surface area contributed by atoms with Crippen LogP contribution in [0.3, 0.4) is 0 Å². The fourth-order valence-electron chi connectivity index (χ4n) is 6.31. The third-order valence-corrected chi connectivity index (χ3v) is 9.86. The number of hydrogen-bond acceptors (Lipinski definition) is 8. The van der Waals surface area contributed by atoms with Crippen LogP contribution in [0.15, 0.2) is 24.3 Å². The first-order chi connectivity index (χ1) is 26.3. The van der Waals surface area contributed by atoms with Crippen LogP contribution in [0.4, 0.5) is 0 Å². The molecule has 2 unspecified atom stereocenters. The zero-order valence-electron chi connectivity index (χ0n) is 35.2. The molecule has 0 radical (unpaired) electrons. The Labute approximate surface area is 331 Å². The minimum Gasteiger partial charge on any atom is -0.463 e. The lowest BCUT2D eigenvalue weighted by Gasteiger charge is -2.26. The molecule has 54 heavy (non-hydrogen) atoms. The number of nitrogens with two attached hydrogens (primary N) is 1. The number of allylic oxidation sites excluding steroid dienone is 4. The third-order valence-electron chi connectivity index (χ3n) is 9.86. The summed E-state index contributed by atoms with van der Waals surface area (Å²) in [5, 5.41) is 9.20. The van der Waals surface area contributed by atoms with Gasteiger partial charge in [-0.05, 0) is 71.3 Å². The topological polar surface area (TPSA) is 128 Å². The van der Waals surface area contributed by atoms with Gasteiger partial charge in [-0.25, -0.2) is 0 Å². The summed E-state index contributed by atoms with van der Waals surface area (Å²) in [6.07, 6.45) is 37.8. The summed E-state index contributed by atoms with van der Waals surface area (Å²) in [5.74, 6) is -1.72. The average Bonchev–Trinajstić information content (AvgIpc) is 3.15. The highest BCUT2D eigenvalue weighted by molar-refractivity contribution is 5.83. The van der Waals surface area contributed by atoms with E-state index in [1.807, 2.05) is 11.9 Å². The molecule has 0 saturated heterocycles. The Morgan fingerprint density at radius 1 is 0.593 bits per heavy atom. The SMILES string of the molecule is CCCCCCCCC=CCCCCCCCC(=O)OCC(OCCN(C)CCO)C(OC(=O)CCCCCCCC=CCCCCCCCC)C(N)=O. The number of carbonyl (C=O) groups excluding carboxylic acids is 3. The second-order valence-electron chi connectivity index (χ2n) is 15.1. The van der Waals surface area contributed by atoms with Crippen LogP contribution in [0, 0.1) is 0 Å². The van der Waals surface area contributed by atoms with E-state index in [-0.39, 0.29) is 38.6 Å². The van der Waals surface area contributed by atoms with Gasteiger partial charge in [0.1, 0.15) is 12.7 Å². The molecule has 0 aromatic carbocycles. The molecule has 0 aliphatic rings. The predicted molar refractivity (Wildman–Crippen MR) is 223 cm³/mol. The predicted octanol–water partition coefficient (Wildman–Crippen LogP) is 10.3. The Balaban J connectivity index is 4.43. The number of nitrogens with zero attached hydrogens (tertiary/aromatic N) is 1. The van der Waals surface area contributed by atoms with Gasteiger partial charge in [-0.3, -0.25) is 14.4 Å². The maximum Gasteiger partial charge on any atom is 0.306 e. The van der Waals surface area contributed by atoms with Gasteiger partial charge in [-0.2, -0.15) is 0 Å². The molecule has 9 nitrogen and oxygen atoms in total. The Morgan fingerprint density at radius 2 is 1.00 bits per heavy atom. The molecule has 0 fully saturated rings. The number of ether oxygens (including phenoxy) is 3. The van der Waals surface area contributed by atoms with E-state index in [1.54, 1.807) is 0 Å². The second kappa shape index (κ2) is 40.4. The molecule has 0 aliphatic heterocycles. The number of esters is 2. The normalized spacial score (nSPS) is 12.9. The maximum absolute atomic E-state index is 12.7. The van der Waals surface area contributed by atoms with Crippen molar-refractivity contribution in [3.05, 3.63) is 24.3 Å². The summed E-state index contributed by atoms with van der Waals surface area (Å²) < 4.78 is 16.9. The number of likely N-dealkylation sites (N-methyl/N-ethyl adjacent to an activating group) is 1. The first-order valence-corrected chi connectivity index (χ1v) is 22.2. The van der Waals surface area contributed by atoms with E-state index in [0.29, 0.717) is 19.5 Å². The van der Waals surface area contributed by atoms with Gasteiger partial charge in [0.2, 0.25) is 6.10 Å². The molecule has 0 aliphatic carbocycles. The molecule has 0 bridgehead atoms. The van der Waals surface area contributed by atoms with Crippen molar-refractivity contribution in [2.45, 2.75) is 206 Å². The smallest absolute Gasteiger partial charge is 0.306 e. The molecule has 2 atom stereocenters. The Kier molecular flexibility index (Phi) is 38.8. The Bertz CT molecular complexity index is 926. The third kappa shape index (κ3) is 35.5. The molecule has 0 rings (SSSR count). The number of carbonyl (C=O) groups is 3. The van der Waals surface area contributed by atoms with E-state index in [2.05, 4.69) is 38.2 Å². The lowest BCUT2D eigenvalue weighted by Crippen LogP contribution is -2.47. The zero-order valence-corrected chi connectivity index (χ0v) is 35.2. The standard InChI is InChI=1S/C45H84N2O7/c1-4-6-8-10-12-14-16-18-20-22-24-26-28-30-32-34-42(49)53-40-41(52-39-37-47(3)36-38-48)44(45(46)51)54-43(50)35-33-31-29-27-25-23-21-19-17-15-13-11-9-7-5-2/h18-21,41,44,48H,4-17,22-40H2,1-3H3,(H2,46,51). The van der Waals surface area contributed by atoms with Crippen molar-refractivity contribution in [3.63, 3.8) is 0 Å². The molecule has 0 saturated carbocycles. The average molecular weight is 765 g/mol. The quantitative estimate of drug-likeness (QED) is 0.0358. The largest absolute Gasteiger partial charge is 0.463 e. The van der Waals surface area contributed by atoms with Crippen molar-refractivity contribution in [1.82, 2.24) is 4.90 Å². The van der Waals surface area contributed by atoms with E-state index in [1.165, 1.54) is 89.9 Å². The molecular weight excluding hydrogens is 681 g/mol. The molecule has 0 heterocycles. The number of unbranched alkanes of at least 4 members (excludes halogenated alkanes) is 22. The fraction of sp³-hybridized carbons (Fsp3) is 0.844. The first kappa shape index (κ1) is 51.8. The Morgan fingerprint density at radius 3 is 1.43 bits per heavy atom. The minimum absolute atomic E-state index is 0.00573. The highest BCUT2D eigenvalue weighted by atomic mass is 16.6. The molecule has 0 spiro atoms. The molecule has 0 aromatic heterocycles. The number of primary amides is 1. The van der Waals surface area contributed by atoms with E-state index in [4.69, 9.17) is 19.9 Å². The van der Waals surface area contributed by atoms with Crippen molar-refractivity contribution in [2.75, 3.05) is 40.0 Å². The van der Waals surface area contributed by atoms with Crippen molar-refractivity contribution in [3.8, 4) is 0 Å². The Hall–Kier alpha value is -2.23. The van der Waals surface area contributed by atoms with Crippen molar-refractivity contribution < 1.29 is 33.7 Å². The summed E-state index contributed by atoms with van der Waals surface area (Å²) in [4.78, 5) is 39.6. The van der Waals surface area contributed by atoms with Crippen molar-refractivity contribution in [2.24, 2.45) is 5.73 Å². The number of amides is 1. The van der Waals surface area contributed by atoms with E-state index < -0.39 is 24.1 Å². The lowest BCUT2D eigenvalue weighted by molar-refractivity contribution is -0.171. The van der Waals surface area contributed by atoms with E-state index in [0.717, 1.165) is 70.6 Å². The summed E-state index contributed by atoms with van der Waals surface area (Å²) in [5.41, 5.74) is 5.67. The van der Waals surface area contributed by atoms with Gasteiger partial charge in [0, 0.05) is 25.9 Å².